The Morgan fingerprint density at radius 1 is 1.36 bits per heavy atom. The van der Waals surface area contributed by atoms with Crippen molar-refractivity contribution < 1.29 is 14.6 Å². The van der Waals surface area contributed by atoms with E-state index in [2.05, 4.69) is 13.8 Å². The van der Waals surface area contributed by atoms with Crippen molar-refractivity contribution in [3.8, 4) is 0 Å². The summed E-state index contributed by atoms with van der Waals surface area (Å²) in [5.41, 5.74) is -1.37. The second-order valence-corrected chi connectivity index (χ2v) is 6.63. The highest BCUT2D eigenvalue weighted by atomic mass is 16.6. The number of nitrogens with zero attached hydrogens (tertiary/aromatic N) is 1. The van der Waals surface area contributed by atoms with Crippen LogP contribution in [0, 0.1) is 5.92 Å². The first kappa shape index (κ1) is 17.0. The Labute approximate surface area is 133 Å². The van der Waals surface area contributed by atoms with Gasteiger partial charge in [-0.2, -0.15) is 0 Å². The van der Waals surface area contributed by atoms with E-state index in [-0.39, 0.29) is 5.97 Å². The lowest BCUT2D eigenvalue weighted by Gasteiger charge is -2.43. The molecule has 1 aromatic carbocycles. The summed E-state index contributed by atoms with van der Waals surface area (Å²) < 4.78 is 5.83. The summed E-state index contributed by atoms with van der Waals surface area (Å²) in [4.78, 5) is 14.0. The summed E-state index contributed by atoms with van der Waals surface area (Å²) >= 11 is 0. The van der Waals surface area contributed by atoms with Crippen LogP contribution in [-0.4, -0.2) is 34.8 Å². The Bertz CT molecular complexity index is 512. The summed E-state index contributed by atoms with van der Waals surface area (Å²) in [6.45, 7) is 9.25. The number of aliphatic hydroxyl groups is 1. The third-order valence-electron chi connectivity index (χ3n) is 4.52. The van der Waals surface area contributed by atoms with E-state index in [1.807, 2.05) is 35.2 Å². The SMILES string of the molecule is CCC(=O)OC1(c2ccccc2)CCN(CC(C)C)C1(C)O. The molecule has 0 bridgehead atoms. The molecule has 1 saturated heterocycles. The van der Waals surface area contributed by atoms with Crippen LogP contribution in [0.4, 0.5) is 0 Å². The predicted molar refractivity (Wildman–Crippen MR) is 86.2 cm³/mol. The highest BCUT2D eigenvalue weighted by Gasteiger charge is 2.59. The Morgan fingerprint density at radius 2 is 2.00 bits per heavy atom. The molecule has 2 atom stereocenters. The lowest BCUT2D eigenvalue weighted by atomic mass is 9.84. The second-order valence-electron chi connectivity index (χ2n) is 6.63. The normalized spacial score (nSPS) is 29.0. The van der Waals surface area contributed by atoms with Crippen LogP contribution in [0.1, 0.15) is 46.1 Å². The van der Waals surface area contributed by atoms with Gasteiger partial charge in [-0.15, -0.1) is 0 Å². The zero-order valence-corrected chi connectivity index (χ0v) is 14.0. The number of rotatable bonds is 5. The largest absolute Gasteiger partial charge is 0.450 e. The van der Waals surface area contributed by atoms with Crippen LogP contribution in [-0.2, 0) is 15.1 Å². The topological polar surface area (TPSA) is 49.8 Å². The maximum atomic E-state index is 12.0. The van der Waals surface area contributed by atoms with Gasteiger partial charge in [0.2, 0.25) is 0 Å². The molecule has 2 rings (SSSR count). The van der Waals surface area contributed by atoms with Gasteiger partial charge < -0.3 is 9.84 Å². The van der Waals surface area contributed by atoms with Crippen molar-refractivity contribution in [2.75, 3.05) is 13.1 Å². The molecule has 1 fully saturated rings. The number of hydrogen-bond acceptors (Lipinski definition) is 4. The molecule has 0 amide bonds. The second kappa shape index (κ2) is 6.39. The van der Waals surface area contributed by atoms with Gasteiger partial charge in [-0.05, 0) is 18.4 Å². The Morgan fingerprint density at radius 3 is 2.55 bits per heavy atom. The van der Waals surface area contributed by atoms with Crippen LogP contribution in [0.25, 0.3) is 0 Å². The minimum Gasteiger partial charge on any atom is -0.450 e. The zero-order valence-electron chi connectivity index (χ0n) is 14.0. The maximum Gasteiger partial charge on any atom is 0.306 e. The van der Waals surface area contributed by atoms with Crippen LogP contribution < -0.4 is 0 Å². The quantitative estimate of drug-likeness (QED) is 0.850. The fraction of sp³-hybridized carbons (Fsp3) is 0.611. The van der Waals surface area contributed by atoms with Crippen LogP contribution in [0.3, 0.4) is 0 Å². The van der Waals surface area contributed by atoms with Gasteiger partial charge in [-0.1, -0.05) is 51.1 Å². The van der Waals surface area contributed by atoms with E-state index in [9.17, 15) is 9.90 Å². The number of ether oxygens (including phenoxy) is 1. The van der Waals surface area contributed by atoms with Gasteiger partial charge in [-0.25, -0.2) is 0 Å². The highest BCUT2D eigenvalue weighted by Crippen LogP contribution is 2.47. The van der Waals surface area contributed by atoms with Crippen LogP contribution in [0.15, 0.2) is 30.3 Å². The number of carbonyl (C=O) groups is 1. The van der Waals surface area contributed by atoms with Crippen LogP contribution in [0.2, 0.25) is 0 Å². The third-order valence-corrected chi connectivity index (χ3v) is 4.52. The highest BCUT2D eigenvalue weighted by molar-refractivity contribution is 5.70. The summed E-state index contributed by atoms with van der Waals surface area (Å²) in [6, 6.07) is 9.61. The summed E-state index contributed by atoms with van der Waals surface area (Å²) in [5.74, 6) is 0.149. The average Bonchev–Trinajstić information content (AvgIpc) is 2.72. The molecular weight excluding hydrogens is 278 g/mol. The molecule has 1 N–H and O–H groups in total. The first-order valence-electron chi connectivity index (χ1n) is 8.08. The Kier molecular flexibility index (Phi) is 4.93. The van der Waals surface area contributed by atoms with Crippen molar-refractivity contribution in [1.29, 1.82) is 0 Å². The van der Waals surface area contributed by atoms with Crippen molar-refractivity contribution in [2.24, 2.45) is 5.92 Å². The molecule has 4 heteroatoms. The molecule has 1 aliphatic heterocycles. The van der Waals surface area contributed by atoms with E-state index in [4.69, 9.17) is 4.74 Å². The number of likely N-dealkylation sites (tertiary alicyclic amines) is 1. The lowest BCUT2D eigenvalue weighted by Crippen LogP contribution is -2.56. The molecule has 0 aromatic heterocycles. The number of hydrogen-bond donors (Lipinski definition) is 1. The molecule has 2 unspecified atom stereocenters. The van der Waals surface area contributed by atoms with Crippen LogP contribution >= 0.6 is 0 Å². The molecule has 1 aliphatic rings. The monoisotopic (exact) mass is 305 g/mol. The molecule has 122 valence electrons. The van der Waals surface area contributed by atoms with Gasteiger partial charge in [0.25, 0.3) is 0 Å². The van der Waals surface area contributed by atoms with E-state index in [0.29, 0.717) is 25.3 Å². The van der Waals surface area contributed by atoms with Crippen molar-refractivity contribution in [3.05, 3.63) is 35.9 Å². The molecule has 22 heavy (non-hydrogen) atoms. The number of esters is 1. The Hall–Kier alpha value is -1.39. The van der Waals surface area contributed by atoms with Crippen molar-refractivity contribution >= 4 is 5.97 Å². The van der Waals surface area contributed by atoms with Gasteiger partial charge in [0.1, 0.15) is 0 Å². The van der Waals surface area contributed by atoms with Gasteiger partial charge in [0, 0.05) is 25.9 Å². The minimum absolute atomic E-state index is 0.282. The minimum atomic E-state index is -1.22. The maximum absolute atomic E-state index is 12.0. The number of carbonyl (C=O) groups excluding carboxylic acids is 1. The standard InChI is InChI=1S/C18H27NO3/c1-5-16(20)22-18(15-9-7-6-8-10-15)11-12-19(13-14(2)3)17(18,4)21/h6-10,14,21H,5,11-13H2,1-4H3. The van der Waals surface area contributed by atoms with Crippen LogP contribution in [0.5, 0.6) is 0 Å². The summed E-state index contributed by atoms with van der Waals surface area (Å²) in [7, 11) is 0. The molecule has 0 saturated carbocycles. The van der Waals surface area contributed by atoms with E-state index >= 15 is 0 Å². The smallest absolute Gasteiger partial charge is 0.306 e. The molecule has 0 aliphatic carbocycles. The zero-order chi connectivity index (χ0) is 16.4. The Balaban J connectivity index is 2.44. The van der Waals surface area contributed by atoms with Gasteiger partial charge in [0.15, 0.2) is 11.3 Å². The molecule has 4 nitrogen and oxygen atoms in total. The first-order chi connectivity index (χ1) is 10.3. The fourth-order valence-electron chi connectivity index (χ4n) is 3.31. The predicted octanol–water partition coefficient (Wildman–Crippen LogP) is 2.91. The molecular formula is C18H27NO3. The average molecular weight is 305 g/mol. The summed E-state index contributed by atoms with van der Waals surface area (Å²) in [6.07, 6.45) is 0.900. The fourth-order valence-corrected chi connectivity index (χ4v) is 3.31. The van der Waals surface area contributed by atoms with Gasteiger partial charge >= 0.3 is 5.97 Å². The molecule has 0 radical (unpaired) electrons. The van der Waals surface area contributed by atoms with Gasteiger partial charge in [0.05, 0.1) is 0 Å². The third kappa shape index (κ3) is 2.90. The van der Waals surface area contributed by atoms with Crippen molar-refractivity contribution in [1.82, 2.24) is 4.90 Å². The molecule has 1 heterocycles. The molecule has 1 aromatic rings. The van der Waals surface area contributed by atoms with E-state index in [0.717, 1.165) is 12.1 Å². The van der Waals surface area contributed by atoms with E-state index < -0.39 is 11.3 Å². The number of benzene rings is 1. The summed E-state index contributed by atoms with van der Waals surface area (Å²) in [5, 5.41) is 11.3. The lowest BCUT2D eigenvalue weighted by molar-refractivity contribution is -0.217. The van der Waals surface area contributed by atoms with E-state index in [1.54, 1.807) is 13.8 Å². The van der Waals surface area contributed by atoms with Crippen molar-refractivity contribution in [3.63, 3.8) is 0 Å². The van der Waals surface area contributed by atoms with Gasteiger partial charge in [-0.3, -0.25) is 9.69 Å². The van der Waals surface area contributed by atoms with Crippen molar-refractivity contribution in [2.45, 2.75) is 51.9 Å². The van der Waals surface area contributed by atoms with E-state index in [1.165, 1.54) is 0 Å². The first-order valence-corrected chi connectivity index (χ1v) is 8.08. The molecule has 0 spiro atoms.